The van der Waals surface area contributed by atoms with Crippen molar-refractivity contribution in [3.63, 3.8) is 0 Å². The van der Waals surface area contributed by atoms with E-state index in [0.717, 1.165) is 0 Å². The van der Waals surface area contributed by atoms with Crippen LogP contribution in [0.5, 0.6) is 0 Å². The van der Waals surface area contributed by atoms with Crippen molar-refractivity contribution in [3.8, 4) is 0 Å². The predicted molar refractivity (Wildman–Crippen MR) is 68.1 cm³/mol. The SMILES string of the molecule is CCOC(=O)/C(CCC1OCCO1)=C(/C)NC(C)=O. The fourth-order valence-corrected chi connectivity index (χ4v) is 1.84. The maximum atomic E-state index is 11.9. The number of ether oxygens (including phenoxy) is 3. The van der Waals surface area contributed by atoms with Crippen LogP contribution in [0.25, 0.3) is 0 Å². The topological polar surface area (TPSA) is 73.9 Å². The van der Waals surface area contributed by atoms with Crippen LogP contribution in [0.3, 0.4) is 0 Å². The van der Waals surface area contributed by atoms with Gasteiger partial charge in [0.05, 0.1) is 25.4 Å². The van der Waals surface area contributed by atoms with Crippen LogP contribution in [-0.4, -0.2) is 38.0 Å². The highest BCUT2D eigenvalue weighted by Gasteiger charge is 2.20. The Bertz CT molecular complexity index is 358. The van der Waals surface area contributed by atoms with Crippen molar-refractivity contribution < 1.29 is 23.8 Å². The molecule has 0 radical (unpaired) electrons. The summed E-state index contributed by atoms with van der Waals surface area (Å²) in [7, 11) is 0. The molecule has 0 aliphatic carbocycles. The molecule has 19 heavy (non-hydrogen) atoms. The van der Waals surface area contributed by atoms with Crippen LogP contribution in [0.1, 0.15) is 33.6 Å². The van der Waals surface area contributed by atoms with E-state index >= 15 is 0 Å². The lowest BCUT2D eigenvalue weighted by Crippen LogP contribution is -2.23. The smallest absolute Gasteiger partial charge is 0.335 e. The highest BCUT2D eigenvalue weighted by atomic mass is 16.7. The molecule has 0 bridgehead atoms. The van der Waals surface area contributed by atoms with E-state index in [-0.39, 0.29) is 12.2 Å². The molecular formula is C13H21NO5. The van der Waals surface area contributed by atoms with Gasteiger partial charge in [0, 0.05) is 19.0 Å². The number of esters is 1. The third kappa shape index (κ3) is 5.40. The van der Waals surface area contributed by atoms with E-state index in [2.05, 4.69) is 5.32 Å². The van der Waals surface area contributed by atoms with Gasteiger partial charge in [0.25, 0.3) is 0 Å². The van der Waals surface area contributed by atoms with Gasteiger partial charge in [0.15, 0.2) is 6.29 Å². The molecule has 1 heterocycles. The summed E-state index contributed by atoms with van der Waals surface area (Å²) in [5.41, 5.74) is 0.972. The van der Waals surface area contributed by atoms with E-state index in [1.165, 1.54) is 6.92 Å². The Morgan fingerprint density at radius 3 is 2.42 bits per heavy atom. The molecule has 0 saturated carbocycles. The Kier molecular flexibility index (Phi) is 6.52. The molecule has 0 spiro atoms. The molecule has 0 unspecified atom stereocenters. The summed E-state index contributed by atoms with van der Waals surface area (Å²) in [4.78, 5) is 22.9. The lowest BCUT2D eigenvalue weighted by Gasteiger charge is -2.14. The van der Waals surface area contributed by atoms with Gasteiger partial charge in [-0.1, -0.05) is 0 Å². The fraction of sp³-hybridized carbons (Fsp3) is 0.692. The Morgan fingerprint density at radius 2 is 1.89 bits per heavy atom. The summed E-state index contributed by atoms with van der Waals surface area (Å²) >= 11 is 0. The number of allylic oxidation sites excluding steroid dienone is 1. The maximum Gasteiger partial charge on any atom is 0.335 e. The van der Waals surface area contributed by atoms with Gasteiger partial charge in [-0.15, -0.1) is 0 Å². The minimum Gasteiger partial charge on any atom is -0.463 e. The number of amides is 1. The normalized spacial score (nSPS) is 17.0. The zero-order chi connectivity index (χ0) is 14.3. The van der Waals surface area contributed by atoms with Crippen LogP contribution >= 0.6 is 0 Å². The Hall–Kier alpha value is -1.40. The van der Waals surface area contributed by atoms with Crippen molar-refractivity contribution in [1.29, 1.82) is 0 Å². The van der Waals surface area contributed by atoms with Gasteiger partial charge in [0.2, 0.25) is 5.91 Å². The second-order valence-corrected chi connectivity index (χ2v) is 4.22. The molecule has 108 valence electrons. The first kappa shape index (κ1) is 15.7. The number of hydrogen-bond donors (Lipinski definition) is 1. The van der Waals surface area contributed by atoms with Gasteiger partial charge in [-0.05, 0) is 20.3 Å². The van der Waals surface area contributed by atoms with Gasteiger partial charge < -0.3 is 19.5 Å². The van der Waals surface area contributed by atoms with Crippen molar-refractivity contribution in [2.45, 2.75) is 39.9 Å². The molecule has 0 aromatic heterocycles. The minimum absolute atomic E-state index is 0.215. The monoisotopic (exact) mass is 271 g/mol. The molecule has 0 atom stereocenters. The van der Waals surface area contributed by atoms with Gasteiger partial charge in [-0.25, -0.2) is 4.79 Å². The quantitative estimate of drug-likeness (QED) is 0.578. The molecular weight excluding hydrogens is 250 g/mol. The zero-order valence-electron chi connectivity index (χ0n) is 11.7. The van der Waals surface area contributed by atoms with Crippen molar-refractivity contribution in [1.82, 2.24) is 5.32 Å². The summed E-state index contributed by atoms with van der Waals surface area (Å²) in [6.07, 6.45) is 0.718. The molecule has 1 aliphatic rings. The molecule has 6 heteroatoms. The van der Waals surface area contributed by atoms with E-state index in [0.29, 0.717) is 43.9 Å². The van der Waals surface area contributed by atoms with Gasteiger partial charge in [0.1, 0.15) is 0 Å². The number of nitrogens with one attached hydrogen (secondary N) is 1. The third-order valence-electron chi connectivity index (χ3n) is 2.66. The highest BCUT2D eigenvalue weighted by Crippen LogP contribution is 2.17. The van der Waals surface area contributed by atoms with E-state index in [4.69, 9.17) is 14.2 Å². The molecule has 6 nitrogen and oxygen atoms in total. The molecule has 1 N–H and O–H groups in total. The Morgan fingerprint density at radius 1 is 1.26 bits per heavy atom. The van der Waals surface area contributed by atoms with E-state index in [1.807, 2.05) is 0 Å². The molecule has 1 aliphatic heterocycles. The summed E-state index contributed by atoms with van der Waals surface area (Å²) in [5.74, 6) is -0.626. The number of hydrogen-bond acceptors (Lipinski definition) is 5. The van der Waals surface area contributed by atoms with Gasteiger partial charge in [-0.2, -0.15) is 0 Å². The average molecular weight is 271 g/mol. The first-order valence-electron chi connectivity index (χ1n) is 6.42. The summed E-state index contributed by atoms with van der Waals surface area (Å²) in [6, 6.07) is 0. The third-order valence-corrected chi connectivity index (χ3v) is 2.66. The summed E-state index contributed by atoms with van der Waals surface area (Å²) < 4.78 is 15.6. The van der Waals surface area contributed by atoms with Gasteiger partial charge in [-0.3, -0.25) is 4.79 Å². The fourth-order valence-electron chi connectivity index (χ4n) is 1.84. The van der Waals surface area contributed by atoms with Crippen LogP contribution in [0.4, 0.5) is 0 Å². The average Bonchev–Trinajstić information content (AvgIpc) is 2.81. The standard InChI is InChI=1S/C13H21NO5/c1-4-17-13(16)11(9(2)14-10(3)15)5-6-12-18-7-8-19-12/h12H,4-8H2,1-3H3,(H,14,15)/b11-9-. The van der Waals surface area contributed by atoms with Crippen LogP contribution in [0, 0.1) is 0 Å². The van der Waals surface area contributed by atoms with E-state index in [9.17, 15) is 9.59 Å². The first-order valence-corrected chi connectivity index (χ1v) is 6.42. The summed E-state index contributed by atoms with van der Waals surface area (Å²) in [6.45, 7) is 6.28. The number of rotatable bonds is 6. The second-order valence-electron chi connectivity index (χ2n) is 4.22. The number of carbonyl (C=O) groups excluding carboxylic acids is 2. The molecule has 1 saturated heterocycles. The van der Waals surface area contributed by atoms with E-state index < -0.39 is 5.97 Å². The minimum atomic E-state index is -0.410. The van der Waals surface area contributed by atoms with Crippen molar-refractivity contribution >= 4 is 11.9 Å². The molecule has 1 rings (SSSR count). The first-order chi connectivity index (χ1) is 9.04. The molecule has 1 amide bonds. The lowest BCUT2D eigenvalue weighted by atomic mass is 10.1. The van der Waals surface area contributed by atoms with Crippen LogP contribution < -0.4 is 5.32 Å². The Balaban J connectivity index is 2.67. The van der Waals surface area contributed by atoms with Crippen molar-refractivity contribution in [3.05, 3.63) is 11.3 Å². The van der Waals surface area contributed by atoms with Crippen LogP contribution in [0.2, 0.25) is 0 Å². The highest BCUT2D eigenvalue weighted by molar-refractivity contribution is 5.90. The predicted octanol–water partition coefficient (Wildman–Crippen LogP) is 1.11. The Labute approximate surface area is 113 Å². The second kappa shape index (κ2) is 7.91. The molecule has 0 aromatic carbocycles. The van der Waals surface area contributed by atoms with Crippen molar-refractivity contribution in [2.75, 3.05) is 19.8 Å². The molecule has 1 fully saturated rings. The number of carbonyl (C=O) groups is 2. The van der Waals surface area contributed by atoms with Crippen molar-refractivity contribution in [2.24, 2.45) is 0 Å². The zero-order valence-corrected chi connectivity index (χ0v) is 11.7. The summed E-state index contributed by atoms with van der Waals surface area (Å²) in [5, 5.41) is 2.62. The van der Waals surface area contributed by atoms with Crippen LogP contribution in [-0.2, 0) is 23.8 Å². The van der Waals surface area contributed by atoms with E-state index in [1.54, 1.807) is 13.8 Å². The van der Waals surface area contributed by atoms with Gasteiger partial charge >= 0.3 is 5.97 Å². The maximum absolute atomic E-state index is 11.9. The van der Waals surface area contributed by atoms with Crippen LogP contribution in [0.15, 0.2) is 11.3 Å². The largest absolute Gasteiger partial charge is 0.463 e. The molecule has 0 aromatic rings. The lowest BCUT2D eigenvalue weighted by molar-refractivity contribution is -0.138.